The van der Waals surface area contributed by atoms with E-state index < -0.39 is 23.8 Å². The molecule has 3 rings (SSSR count). The number of para-hydroxylation sites is 2. The molecule has 10 heteroatoms. The number of carbonyl (C=O) groups is 4. The quantitative estimate of drug-likeness (QED) is 0.440. The highest BCUT2D eigenvalue weighted by molar-refractivity contribution is 7.19. The van der Waals surface area contributed by atoms with Crippen LogP contribution in [0.2, 0.25) is 0 Å². The number of esters is 2. The van der Waals surface area contributed by atoms with Crippen molar-refractivity contribution in [3.63, 3.8) is 0 Å². The minimum atomic E-state index is -0.675. The molecular formula is C25H24N2O7S. The van der Waals surface area contributed by atoms with Crippen LogP contribution < -0.4 is 15.4 Å². The average Bonchev–Trinajstić information content (AvgIpc) is 3.19. The molecule has 0 bridgehead atoms. The van der Waals surface area contributed by atoms with Gasteiger partial charge in [-0.25, -0.2) is 9.59 Å². The second-order valence-electron chi connectivity index (χ2n) is 7.13. The van der Waals surface area contributed by atoms with Crippen LogP contribution in [0.5, 0.6) is 5.75 Å². The number of methoxy groups -OCH3 is 2. The molecule has 0 unspecified atom stereocenters. The summed E-state index contributed by atoms with van der Waals surface area (Å²) in [6.07, 6.45) is 0. The van der Waals surface area contributed by atoms with Gasteiger partial charge in [0.25, 0.3) is 11.8 Å². The number of benzene rings is 2. The highest BCUT2D eigenvalue weighted by atomic mass is 32.1. The van der Waals surface area contributed by atoms with Gasteiger partial charge < -0.3 is 24.8 Å². The fraction of sp³-hybridized carbons (Fsp3) is 0.200. The summed E-state index contributed by atoms with van der Waals surface area (Å²) in [6, 6.07) is 13.0. The average molecular weight is 497 g/mol. The molecule has 182 valence electrons. The molecule has 2 amide bonds. The highest BCUT2D eigenvalue weighted by Crippen LogP contribution is 2.35. The molecule has 1 aromatic heterocycles. The van der Waals surface area contributed by atoms with Crippen molar-refractivity contribution in [3.05, 3.63) is 75.7 Å². The normalized spacial score (nSPS) is 10.3. The van der Waals surface area contributed by atoms with Crippen LogP contribution >= 0.6 is 11.3 Å². The first-order valence-corrected chi connectivity index (χ1v) is 11.4. The first-order valence-electron chi connectivity index (χ1n) is 10.6. The van der Waals surface area contributed by atoms with Crippen molar-refractivity contribution in [2.24, 2.45) is 0 Å². The number of thiophene rings is 1. The molecule has 2 N–H and O–H groups in total. The molecule has 0 aliphatic carbocycles. The van der Waals surface area contributed by atoms with E-state index in [1.807, 2.05) is 0 Å². The molecule has 1 heterocycles. The fourth-order valence-electron chi connectivity index (χ4n) is 3.33. The Morgan fingerprint density at radius 1 is 0.857 bits per heavy atom. The van der Waals surface area contributed by atoms with Crippen LogP contribution in [-0.4, -0.2) is 44.6 Å². The summed E-state index contributed by atoms with van der Waals surface area (Å²) in [5.74, 6) is -2.01. The zero-order chi connectivity index (χ0) is 25.5. The van der Waals surface area contributed by atoms with Crippen molar-refractivity contribution in [3.8, 4) is 5.75 Å². The standard InChI is InChI=1S/C25H24N2O7S/c1-5-34-25(31)19-14(2)20(22(29)26-17-12-8-6-10-15(17)24(30)33-4)35-23(19)27-21(28)16-11-7-9-13-18(16)32-3/h6-13H,5H2,1-4H3,(H,26,29)(H,27,28). The van der Waals surface area contributed by atoms with Crippen LogP contribution in [0.1, 0.15) is 53.2 Å². The molecule has 0 fully saturated rings. The summed E-state index contributed by atoms with van der Waals surface area (Å²) >= 11 is 0.922. The Kier molecular flexibility index (Phi) is 8.21. The fourth-order valence-corrected chi connectivity index (χ4v) is 4.41. The maximum atomic E-state index is 13.2. The lowest BCUT2D eigenvalue weighted by molar-refractivity contribution is 0.0526. The Bertz CT molecular complexity index is 1280. The monoisotopic (exact) mass is 496 g/mol. The molecular weight excluding hydrogens is 472 g/mol. The Hall–Kier alpha value is -4.18. The Labute approximate surface area is 206 Å². The van der Waals surface area contributed by atoms with E-state index in [9.17, 15) is 19.2 Å². The molecule has 2 aromatic carbocycles. The third-order valence-corrected chi connectivity index (χ3v) is 6.20. The van der Waals surface area contributed by atoms with Crippen LogP contribution in [0.4, 0.5) is 10.7 Å². The lowest BCUT2D eigenvalue weighted by atomic mass is 10.1. The van der Waals surface area contributed by atoms with Gasteiger partial charge in [0.2, 0.25) is 0 Å². The third-order valence-electron chi connectivity index (χ3n) is 4.99. The maximum absolute atomic E-state index is 13.2. The van der Waals surface area contributed by atoms with Crippen LogP contribution in [0.25, 0.3) is 0 Å². The van der Waals surface area contributed by atoms with Crippen LogP contribution in [0, 0.1) is 6.92 Å². The van der Waals surface area contributed by atoms with Gasteiger partial charge in [0.15, 0.2) is 0 Å². The third kappa shape index (κ3) is 5.49. The summed E-state index contributed by atoms with van der Waals surface area (Å²) in [5, 5.41) is 5.54. The zero-order valence-electron chi connectivity index (χ0n) is 19.6. The second kappa shape index (κ2) is 11.3. The van der Waals surface area contributed by atoms with Gasteiger partial charge in [0.1, 0.15) is 10.8 Å². The van der Waals surface area contributed by atoms with Gasteiger partial charge >= 0.3 is 11.9 Å². The molecule has 0 atom stereocenters. The van der Waals surface area contributed by atoms with E-state index in [2.05, 4.69) is 10.6 Å². The van der Waals surface area contributed by atoms with Crippen molar-refractivity contribution in [1.82, 2.24) is 0 Å². The molecule has 0 spiro atoms. The minimum Gasteiger partial charge on any atom is -0.496 e. The van der Waals surface area contributed by atoms with E-state index in [-0.39, 0.29) is 38.9 Å². The predicted molar refractivity (Wildman–Crippen MR) is 132 cm³/mol. The number of nitrogens with one attached hydrogen (secondary N) is 2. The van der Waals surface area contributed by atoms with Crippen LogP contribution in [-0.2, 0) is 9.47 Å². The highest BCUT2D eigenvalue weighted by Gasteiger charge is 2.28. The van der Waals surface area contributed by atoms with Gasteiger partial charge in [-0.3, -0.25) is 9.59 Å². The van der Waals surface area contributed by atoms with Crippen LogP contribution in [0.15, 0.2) is 48.5 Å². The maximum Gasteiger partial charge on any atom is 0.341 e. The van der Waals surface area contributed by atoms with Gasteiger partial charge in [0.05, 0.1) is 48.1 Å². The van der Waals surface area contributed by atoms with Gasteiger partial charge in [-0.1, -0.05) is 24.3 Å². The van der Waals surface area contributed by atoms with Crippen molar-refractivity contribution < 1.29 is 33.4 Å². The van der Waals surface area contributed by atoms with E-state index in [4.69, 9.17) is 14.2 Å². The van der Waals surface area contributed by atoms with E-state index in [1.54, 1.807) is 56.3 Å². The molecule has 0 aliphatic rings. The molecule has 9 nitrogen and oxygen atoms in total. The summed E-state index contributed by atoms with van der Waals surface area (Å²) in [7, 11) is 2.69. The number of hydrogen-bond donors (Lipinski definition) is 2. The van der Waals surface area contributed by atoms with Gasteiger partial charge in [-0.15, -0.1) is 11.3 Å². The summed E-state index contributed by atoms with van der Waals surface area (Å²) in [6.45, 7) is 3.36. The lowest BCUT2D eigenvalue weighted by Crippen LogP contribution is -2.16. The van der Waals surface area contributed by atoms with Crippen molar-refractivity contribution in [2.45, 2.75) is 13.8 Å². The largest absolute Gasteiger partial charge is 0.496 e. The van der Waals surface area contributed by atoms with Gasteiger partial charge in [-0.05, 0) is 43.7 Å². The number of amides is 2. The summed E-state index contributed by atoms with van der Waals surface area (Å²) in [5.41, 5.74) is 1.08. The van der Waals surface area contributed by atoms with Crippen molar-refractivity contribution in [1.29, 1.82) is 0 Å². The van der Waals surface area contributed by atoms with E-state index in [0.717, 1.165) is 11.3 Å². The molecule has 3 aromatic rings. The first kappa shape index (κ1) is 25.4. The SMILES string of the molecule is CCOC(=O)c1c(NC(=O)c2ccccc2OC)sc(C(=O)Nc2ccccc2C(=O)OC)c1C. The Balaban J connectivity index is 1.99. The Morgan fingerprint density at radius 2 is 1.51 bits per heavy atom. The second-order valence-corrected chi connectivity index (χ2v) is 8.15. The van der Waals surface area contributed by atoms with E-state index >= 15 is 0 Å². The van der Waals surface area contributed by atoms with Gasteiger partial charge in [-0.2, -0.15) is 0 Å². The molecule has 0 saturated carbocycles. The summed E-state index contributed by atoms with van der Waals surface area (Å²) < 4.78 is 15.2. The van der Waals surface area contributed by atoms with Crippen molar-refractivity contribution in [2.75, 3.05) is 31.5 Å². The number of carbonyl (C=O) groups excluding carboxylic acids is 4. The first-order chi connectivity index (χ1) is 16.8. The van der Waals surface area contributed by atoms with E-state index in [0.29, 0.717) is 11.3 Å². The Morgan fingerprint density at radius 3 is 2.17 bits per heavy atom. The number of ether oxygens (including phenoxy) is 3. The predicted octanol–water partition coefficient (Wildman–Crippen LogP) is 4.53. The molecule has 0 aliphatic heterocycles. The number of anilines is 2. The lowest BCUT2D eigenvalue weighted by Gasteiger charge is -2.09. The van der Waals surface area contributed by atoms with E-state index in [1.165, 1.54) is 20.3 Å². The number of hydrogen-bond acceptors (Lipinski definition) is 8. The molecule has 0 saturated heterocycles. The number of rotatable bonds is 8. The minimum absolute atomic E-state index is 0.0755. The smallest absolute Gasteiger partial charge is 0.341 e. The molecule has 35 heavy (non-hydrogen) atoms. The zero-order valence-corrected chi connectivity index (χ0v) is 20.4. The topological polar surface area (TPSA) is 120 Å². The van der Waals surface area contributed by atoms with Gasteiger partial charge in [0, 0.05) is 0 Å². The van der Waals surface area contributed by atoms with Crippen molar-refractivity contribution >= 4 is 45.8 Å². The molecule has 0 radical (unpaired) electrons. The summed E-state index contributed by atoms with van der Waals surface area (Å²) in [4.78, 5) is 51.1. The van der Waals surface area contributed by atoms with Crippen LogP contribution in [0.3, 0.4) is 0 Å².